The molecular weight excluding hydrogens is 243 g/mol. The molecule has 0 saturated heterocycles. The van der Waals surface area contributed by atoms with Gasteiger partial charge in [-0.3, -0.25) is 0 Å². The molecule has 1 atom stereocenters. The zero-order valence-corrected chi connectivity index (χ0v) is 11.3. The van der Waals surface area contributed by atoms with E-state index in [-0.39, 0.29) is 11.3 Å². The topological polar surface area (TPSA) is 29.5 Å². The highest BCUT2D eigenvalue weighted by Gasteiger charge is 2.19. The zero-order chi connectivity index (χ0) is 14.0. The molecule has 0 heterocycles. The van der Waals surface area contributed by atoms with Crippen molar-refractivity contribution in [1.29, 1.82) is 0 Å². The molecule has 0 spiro atoms. The van der Waals surface area contributed by atoms with Crippen LogP contribution in [0.4, 0.5) is 4.39 Å². The quantitative estimate of drug-likeness (QED) is 0.914. The Morgan fingerprint density at radius 3 is 2.53 bits per heavy atom. The summed E-state index contributed by atoms with van der Waals surface area (Å²) >= 11 is 0. The molecular formula is C16H17FO2. The Morgan fingerprint density at radius 1 is 1.11 bits per heavy atom. The number of benzene rings is 2. The van der Waals surface area contributed by atoms with Crippen LogP contribution in [0.2, 0.25) is 0 Å². The summed E-state index contributed by atoms with van der Waals surface area (Å²) in [5.41, 5.74) is 2.91. The van der Waals surface area contributed by atoms with E-state index in [1.807, 2.05) is 32.0 Å². The summed E-state index contributed by atoms with van der Waals surface area (Å²) in [6.07, 6.45) is -0.991. The van der Waals surface area contributed by atoms with Crippen molar-refractivity contribution in [2.45, 2.75) is 20.0 Å². The minimum Gasteiger partial charge on any atom is -0.494 e. The van der Waals surface area contributed by atoms with Crippen LogP contribution in [0.3, 0.4) is 0 Å². The third-order valence-electron chi connectivity index (χ3n) is 3.24. The summed E-state index contributed by atoms with van der Waals surface area (Å²) < 4.78 is 19.1. The first-order valence-corrected chi connectivity index (χ1v) is 6.12. The van der Waals surface area contributed by atoms with Crippen LogP contribution in [-0.2, 0) is 0 Å². The summed E-state index contributed by atoms with van der Waals surface area (Å²) in [4.78, 5) is 0. The predicted molar refractivity (Wildman–Crippen MR) is 72.9 cm³/mol. The number of halogens is 1. The number of ether oxygens (including phenoxy) is 1. The van der Waals surface area contributed by atoms with Crippen molar-refractivity contribution in [3.8, 4) is 5.75 Å². The lowest BCUT2D eigenvalue weighted by Gasteiger charge is -2.16. The number of aryl methyl sites for hydroxylation is 2. The second-order valence-electron chi connectivity index (χ2n) is 4.63. The fourth-order valence-corrected chi connectivity index (χ4v) is 2.12. The number of rotatable bonds is 3. The SMILES string of the molecule is COc1cccc(C(O)c2cc(C)ccc2C)c1F. The van der Waals surface area contributed by atoms with Crippen LogP contribution in [0.15, 0.2) is 36.4 Å². The molecule has 0 aromatic heterocycles. The van der Waals surface area contributed by atoms with Gasteiger partial charge >= 0.3 is 0 Å². The number of methoxy groups -OCH3 is 1. The molecule has 19 heavy (non-hydrogen) atoms. The summed E-state index contributed by atoms with van der Waals surface area (Å²) in [6.45, 7) is 3.84. The van der Waals surface area contributed by atoms with Gasteiger partial charge in [0.25, 0.3) is 0 Å². The zero-order valence-electron chi connectivity index (χ0n) is 11.3. The summed E-state index contributed by atoms with van der Waals surface area (Å²) in [5.74, 6) is -0.375. The predicted octanol–water partition coefficient (Wildman–Crippen LogP) is 3.53. The van der Waals surface area contributed by atoms with Gasteiger partial charge in [-0.15, -0.1) is 0 Å². The van der Waals surface area contributed by atoms with Gasteiger partial charge in [-0.1, -0.05) is 35.9 Å². The van der Waals surface area contributed by atoms with Crippen molar-refractivity contribution in [2.75, 3.05) is 7.11 Å². The fraction of sp³-hybridized carbons (Fsp3) is 0.250. The summed E-state index contributed by atoms with van der Waals surface area (Å²) in [7, 11) is 1.41. The Labute approximate surface area is 112 Å². The summed E-state index contributed by atoms with van der Waals surface area (Å²) in [5, 5.41) is 10.4. The highest BCUT2D eigenvalue weighted by molar-refractivity contribution is 5.41. The molecule has 0 aliphatic carbocycles. The first kappa shape index (κ1) is 13.6. The molecule has 0 aliphatic heterocycles. The maximum Gasteiger partial charge on any atom is 0.171 e. The second-order valence-corrected chi connectivity index (χ2v) is 4.63. The van der Waals surface area contributed by atoms with Gasteiger partial charge in [-0.2, -0.15) is 0 Å². The molecule has 0 radical (unpaired) electrons. The van der Waals surface area contributed by atoms with Crippen molar-refractivity contribution in [3.63, 3.8) is 0 Å². The van der Waals surface area contributed by atoms with Crippen molar-refractivity contribution in [2.24, 2.45) is 0 Å². The van der Waals surface area contributed by atoms with Gasteiger partial charge in [-0.25, -0.2) is 4.39 Å². The number of hydrogen-bond acceptors (Lipinski definition) is 2. The van der Waals surface area contributed by atoms with Crippen LogP contribution in [0.1, 0.15) is 28.4 Å². The van der Waals surface area contributed by atoms with Crippen molar-refractivity contribution in [1.82, 2.24) is 0 Å². The van der Waals surface area contributed by atoms with Gasteiger partial charge < -0.3 is 9.84 Å². The van der Waals surface area contributed by atoms with E-state index >= 15 is 0 Å². The average Bonchev–Trinajstić information content (AvgIpc) is 2.41. The van der Waals surface area contributed by atoms with E-state index in [0.717, 1.165) is 11.1 Å². The van der Waals surface area contributed by atoms with Crippen LogP contribution in [0, 0.1) is 19.7 Å². The lowest BCUT2D eigenvalue weighted by Crippen LogP contribution is -2.06. The van der Waals surface area contributed by atoms with Gasteiger partial charge in [0.2, 0.25) is 0 Å². The Kier molecular flexibility index (Phi) is 3.86. The van der Waals surface area contributed by atoms with Crippen molar-refractivity contribution >= 4 is 0 Å². The first-order chi connectivity index (χ1) is 9.04. The second kappa shape index (κ2) is 5.41. The molecule has 0 bridgehead atoms. The van der Waals surface area contributed by atoms with Crippen LogP contribution in [0.25, 0.3) is 0 Å². The van der Waals surface area contributed by atoms with E-state index in [0.29, 0.717) is 5.56 Å². The van der Waals surface area contributed by atoms with Crippen molar-refractivity contribution in [3.05, 3.63) is 64.5 Å². The monoisotopic (exact) mass is 260 g/mol. The molecule has 2 rings (SSSR count). The van der Waals surface area contributed by atoms with Crippen LogP contribution in [0.5, 0.6) is 5.75 Å². The van der Waals surface area contributed by atoms with E-state index in [1.54, 1.807) is 12.1 Å². The largest absolute Gasteiger partial charge is 0.494 e. The van der Waals surface area contributed by atoms with E-state index in [9.17, 15) is 9.50 Å². The number of aliphatic hydroxyl groups excluding tert-OH is 1. The van der Waals surface area contributed by atoms with E-state index < -0.39 is 11.9 Å². The smallest absolute Gasteiger partial charge is 0.171 e. The van der Waals surface area contributed by atoms with Crippen LogP contribution in [-0.4, -0.2) is 12.2 Å². The minimum atomic E-state index is -0.991. The maximum absolute atomic E-state index is 14.2. The molecule has 1 N–H and O–H groups in total. The van der Waals surface area contributed by atoms with Gasteiger partial charge in [-0.05, 0) is 31.0 Å². The van der Waals surface area contributed by atoms with E-state index in [4.69, 9.17) is 4.74 Å². The van der Waals surface area contributed by atoms with E-state index in [1.165, 1.54) is 13.2 Å². The molecule has 2 aromatic carbocycles. The Balaban J connectivity index is 2.50. The first-order valence-electron chi connectivity index (χ1n) is 6.12. The minimum absolute atomic E-state index is 0.141. The summed E-state index contributed by atoms with van der Waals surface area (Å²) in [6, 6.07) is 10.5. The molecule has 3 heteroatoms. The van der Waals surface area contributed by atoms with Gasteiger partial charge in [0, 0.05) is 5.56 Å². The lowest BCUT2D eigenvalue weighted by atomic mass is 9.95. The maximum atomic E-state index is 14.2. The molecule has 100 valence electrons. The molecule has 1 unspecified atom stereocenters. The van der Waals surface area contributed by atoms with Gasteiger partial charge in [0.1, 0.15) is 6.10 Å². The van der Waals surface area contributed by atoms with Crippen LogP contribution >= 0.6 is 0 Å². The molecule has 0 fully saturated rings. The standard InChI is InChI=1S/C16H17FO2/c1-10-7-8-11(2)13(9-10)16(18)12-5-4-6-14(19-3)15(12)17/h4-9,16,18H,1-3H3. The third kappa shape index (κ3) is 2.61. The number of hydrogen-bond donors (Lipinski definition) is 1. The van der Waals surface area contributed by atoms with Crippen molar-refractivity contribution < 1.29 is 14.2 Å². The molecule has 2 aromatic rings. The van der Waals surface area contributed by atoms with Gasteiger partial charge in [0.15, 0.2) is 11.6 Å². The Hall–Kier alpha value is -1.87. The van der Waals surface area contributed by atoms with Gasteiger partial charge in [0.05, 0.1) is 7.11 Å². The Morgan fingerprint density at radius 2 is 1.84 bits per heavy atom. The Bertz CT molecular complexity index is 593. The normalized spacial score (nSPS) is 12.3. The highest BCUT2D eigenvalue weighted by Crippen LogP contribution is 2.31. The number of aliphatic hydroxyl groups is 1. The highest BCUT2D eigenvalue weighted by atomic mass is 19.1. The molecule has 0 amide bonds. The molecule has 2 nitrogen and oxygen atoms in total. The van der Waals surface area contributed by atoms with Crippen LogP contribution < -0.4 is 4.74 Å². The molecule has 0 aliphatic rings. The average molecular weight is 260 g/mol. The fourth-order valence-electron chi connectivity index (χ4n) is 2.12. The van der Waals surface area contributed by atoms with E-state index in [2.05, 4.69) is 0 Å². The lowest BCUT2D eigenvalue weighted by molar-refractivity contribution is 0.212. The third-order valence-corrected chi connectivity index (χ3v) is 3.24. The molecule has 0 saturated carbocycles.